The van der Waals surface area contributed by atoms with Crippen molar-refractivity contribution in [2.24, 2.45) is 47.0 Å². The maximum Gasteiger partial charge on any atom is 0.00960 e. The van der Waals surface area contributed by atoms with Gasteiger partial charge >= 0.3 is 0 Å². The Balaban J connectivity index is 0.000000107. The maximum atomic E-state index is 6.17. The molecule has 0 amide bonds. The van der Waals surface area contributed by atoms with Crippen molar-refractivity contribution in [1.29, 1.82) is 0 Å². The quantitative estimate of drug-likeness (QED) is 0.705. The molecule has 0 spiro atoms. The van der Waals surface area contributed by atoms with Crippen molar-refractivity contribution in [1.82, 2.24) is 0 Å². The molecular weight excluding hydrogens is 232 g/mol. The average Bonchev–Trinajstić information content (AvgIpc) is 2.97. The van der Waals surface area contributed by atoms with Crippen LogP contribution in [0.2, 0.25) is 0 Å². The summed E-state index contributed by atoms with van der Waals surface area (Å²) in [6, 6.07) is 1.16. The van der Waals surface area contributed by atoms with Gasteiger partial charge in [-0.15, -0.1) is 0 Å². The fourth-order valence-electron chi connectivity index (χ4n) is 6.26. The first-order chi connectivity index (χ1) is 9.19. The highest BCUT2D eigenvalue weighted by Gasteiger charge is 2.46. The molecule has 0 saturated heterocycles. The van der Waals surface area contributed by atoms with Gasteiger partial charge in [0.05, 0.1) is 0 Å². The van der Waals surface area contributed by atoms with Crippen molar-refractivity contribution < 1.29 is 0 Å². The van der Waals surface area contributed by atoms with Crippen LogP contribution in [-0.4, -0.2) is 12.1 Å². The Labute approximate surface area is 117 Å². The minimum absolute atomic E-state index is 0.578. The molecule has 3 atom stereocenters. The van der Waals surface area contributed by atoms with E-state index in [2.05, 4.69) is 0 Å². The average molecular weight is 262 g/mol. The molecule has 2 heteroatoms. The topological polar surface area (TPSA) is 52.0 Å². The molecule has 6 rings (SSSR count). The minimum atomic E-state index is 0.578. The zero-order chi connectivity index (χ0) is 13.0. The van der Waals surface area contributed by atoms with Crippen LogP contribution in [0.4, 0.5) is 0 Å². The molecule has 19 heavy (non-hydrogen) atoms. The molecular formula is C17H30N2. The Morgan fingerprint density at radius 3 is 1.47 bits per heavy atom. The van der Waals surface area contributed by atoms with Gasteiger partial charge in [-0.25, -0.2) is 0 Å². The van der Waals surface area contributed by atoms with Gasteiger partial charge in [0.2, 0.25) is 0 Å². The predicted octanol–water partition coefficient (Wildman–Crippen LogP) is 2.90. The lowest BCUT2D eigenvalue weighted by Gasteiger charge is -2.53. The van der Waals surface area contributed by atoms with Gasteiger partial charge < -0.3 is 11.5 Å². The van der Waals surface area contributed by atoms with Gasteiger partial charge in [-0.3, -0.25) is 0 Å². The Hall–Kier alpha value is -0.0800. The fourth-order valence-corrected chi connectivity index (χ4v) is 6.26. The molecule has 2 nitrogen and oxygen atoms in total. The summed E-state index contributed by atoms with van der Waals surface area (Å²) in [7, 11) is 0. The van der Waals surface area contributed by atoms with Crippen molar-refractivity contribution in [3.8, 4) is 0 Å². The van der Waals surface area contributed by atoms with Crippen molar-refractivity contribution in [3.05, 3.63) is 0 Å². The van der Waals surface area contributed by atoms with Crippen LogP contribution >= 0.6 is 0 Å². The second-order valence-corrected chi connectivity index (χ2v) is 8.35. The monoisotopic (exact) mass is 262 g/mol. The lowest BCUT2D eigenvalue weighted by molar-refractivity contribution is 0.000349. The molecule has 0 radical (unpaired) electrons. The summed E-state index contributed by atoms with van der Waals surface area (Å²) in [6.45, 7) is 0. The zero-order valence-electron chi connectivity index (χ0n) is 12.1. The normalized spacial score (nSPS) is 57.2. The molecule has 6 aliphatic rings. The summed E-state index contributed by atoms with van der Waals surface area (Å²) in [5.74, 6) is 5.95. The van der Waals surface area contributed by atoms with Crippen LogP contribution in [-0.2, 0) is 0 Å². The van der Waals surface area contributed by atoms with Crippen LogP contribution in [0.25, 0.3) is 0 Å². The molecule has 6 fully saturated rings. The predicted molar refractivity (Wildman–Crippen MR) is 78.4 cm³/mol. The number of rotatable bonds is 0. The molecule has 0 heterocycles. The Morgan fingerprint density at radius 1 is 0.526 bits per heavy atom. The van der Waals surface area contributed by atoms with E-state index in [0.717, 1.165) is 35.5 Å². The molecule has 108 valence electrons. The third kappa shape index (κ3) is 2.25. The van der Waals surface area contributed by atoms with Gasteiger partial charge in [-0.1, -0.05) is 6.42 Å². The van der Waals surface area contributed by atoms with E-state index in [0.29, 0.717) is 12.1 Å². The summed E-state index contributed by atoms with van der Waals surface area (Å²) in [5, 5.41) is 0. The van der Waals surface area contributed by atoms with Gasteiger partial charge in [0.25, 0.3) is 0 Å². The summed E-state index contributed by atoms with van der Waals surface area (Å²) >= 11 is 0. The number of hydrogen-bond donors (Lipinski definition) is 2. The maximum absolute atomic E-state index is 6.17. The van der Waals surface area contributed by atoms with E-state index in [1.54, 1.807) is 6.42 Å². The smallest absolute Gasteiger partial charge is 0.00960 e. The molecule has 6 saturated carbocycles. The van der Waals surface area contributed by atoms with Gasteiger partial charge in [-0.2, -0.15) is 0 Å². The van der Waals surface area contributed by atoms with E-state index < -0.39 is 0 Å². The SMILES string of the molecule is NC1C2CC3CC(C2)CC1C3.N[C@H]1CC2CCC1C2. The first kappa shape index (κ1) is 12.6. The number of hydrogen-bond acceptors (Lipinski definition) is 2. The van der Waals surface area contributed by atoms with E-state index in [1.807, 2.05) is 0 Å². The highest BCUT2D eigenvalue weighted by Crippen LogP contribution is 2.52. The largest absolute Gasteiger partial charge is 0.327 e. The Bertz CT molecular complexity index is 310. The zero-order valence-corrected chi connectivity index (χ0v) is 12.1. The highest BCUT2D eigenvalue weighted by atomic mass is 14.7. The van der Waals surface area contributed by atoms with Gasteiger partial charge in [-0.05, 0) is 86.9 Å². The number of fused-ring (bicyclic) bond motifs is 2. The molecule has 0 aromatic rings. The standard InChI is InChI=1S/C10H17N.C7H13N/c11-10-8-2-6-1-7(4-8)5-9(10)3-6;8-7-4-5-1-2-6(7)3-5/h6-10H,1-5,11H2;5-7H,1-4,8H2/t;5?,6?,7-/m.0/s1. The fraction of sp³-hybridized carbons (Fsp3) is 1.00. The van der Waals surface area contributed by atoms with Crippen molar-refractivity contribution in [2.45, 2.75) is 69.9 Å². The second kappa shape index (κ2) is 4.73. The lowest BCUT2D eigenvalue weighted by Crippen LogP contribution is -2.52. The van der Waals surface area contributed by atoms with Crippen molar-refractivity contribution >= 4 is 0 Å². The minimum Gasteiger partial charge on any atom is -0.327 e. The highest BCUT2D eigenvalue weighted by molar-refractivity contribution is 4.99. The van der Waals surface area contributed by atoms with Crippen molar-refractivity contribution in [3.63, 3.8) is 0 Å². The van der Waals surface area contributed by atoms with Crippen LogP contribution in [0.1, 0.15) is 57.8 Å². The molecule has 4 N–H and O–H groups in total. The Morgan fingerprint density at radius 2 is 1.11 bits per heavy atom. The van der Waals surface area contributed by atoms with E-state index in [1.165, 1.54) is 51.4 Å². The van der Waals surface area contributed by atoms with Gasteiger partial charge in [0, 0.05) is 12.1 Å². The molecule has 6 aliphatic carbocycles. The van der Waals surface area contributed by atoms with E-state index in [9.17, 15) is 0 Å². The molecule has 0 aliphatic heterocycles. The van der Waals surface area contributed by atoms with Crippen molar-refractivity contribution in [2.75, 3.05) is 0 Å². The summed E-state index contributed by atoms with van der Waals surface area (Å²) < 4.78 is 0. The first-order valence-electron chi connectivity index (χ1n) is 8.70. The van der Waals surface area contributed by atoms with Gasteiger partial charge in [0.1, 0.15) is 0 Å². The third-order valence-electron chi connectivity index (χ3n) is 7.09. The van der Waals surface area contributed by atoms with Crippen LogP contribution in [0, 0.1) is 35.5 Å². The van der Waals surface area contributed by atoms with Crippen LogP contribution in [0.15, 0.2) is 0 Å². The second-order valence-electron chi connectivity index (χ2n) is 8.35. The van der Waals surface area contributed by atoms with Gasteiger partial charge in [0.15, 0.2) is 0 Å². The van der Waals surface area contributed by atoms with E-state index in [4.69, 9.17) is 11.5 Å². The van der Waals surface area contributed by atoms with Crippen LogP contribution in [0.5, 0.6) is 0 Å². The summed E-state index contributed by atoms with van der Waals surface area (Å²) in [4.78, 5) is 0. The summed E-state index contributed by atoms with van der Waals surface area (Å²) in [5.41, 5.74) is 12.0. The summed E-state index contributed by atoms with van der Waals surface area (Å²) in [6.07, 6.45) is 13.1. The van der Waals surface area contributed by atoms with Crippen LogP contribution < -0.4 is 11.5 Å². The lowest BCUT2D eigenvalue weighted by atomic mass is 9.54. The Kier molecular flexibility index (Phi) is 3.15. The third-order valence-corrected chi connectivity index (χ3v) is 7.09. The molecule has 0 aromatic carbocycles. The molecule has 0 aromatic heterocycles. The molecule has 2 unspecified atom stereocenters. The van der Waals surface area contributed by atoms with E-state index in [-0.39, 0.29) is 0 Å². The van der Waals surface area contributed by atoms with E-state index >= 15 is 0 Å². The first-order valence-corrected chi connectivity index (χ1v) is 8.70. The number of nitrogens with two attached hydrogens (primary N) is 2. The molecule has 6 bridgehead atoms. The van der Waals surface area contributed by atoms with Crippen LogP contribution in [0.3, 0.4) is 0 Å².